The van der Waals surface area contributed by atoms with Gasteiger partial charge >= 0.3 is 0 Å². The van der Waals surface area contributed by atoms with Crippen LogP contribution in [-0.4, -0.2) is 18.1 Å². The molecule has 5 heteroatoms. The van der Waals surface area contributed by atoms with Crippen LogP contribution in [0.15, 0.2) is 23.1 Å². The summed E-state index contributed by atoms with van der Waals surface area (Å²) >= 11 is 0. The molecule has 0 aromatic carbocycles. The largest absolute Gasteiger partial charge is 0.329 e. The van der Waals surface area contributed by atoms with Gasteiger partial charge in [-0.15, -0.1) is 24.8 Å². The Balaban J connectivity index is 0.000000845. The van der Waals surface area contributed by atoms with Gasteiger partial charge in [0.15, 0.2) is 0 Å². The number of hydrogen-bond donors (Lipinski definition) is 2. The first kappa shape index (κ1) is 13.5. The highest BCUT2D eigenvalue weighted by molar-refractivity contribution is 5.85. The second kappa shape index (κ2) is 6.06. The van der Waals surface area contributed by atoms with E-state index in [0.29, 0.717) is 5.92 Å². The lowest BCUT2D eigenvalue weighted by atomic mass is 10.0. The summed E-state index contributed by atoms with van der Waals surface area (Å²) in [7, 11) is 0. The average molecular weight is 237 g/mol. The van der Waals surface area contributed by atoms with Gasteiger partial charge in [0.2, 0.25) is 0 Å². The van der Waals surface area contributed by atoms with Gasteiger partial charge in [0.05, 0.1) is 0 Å². The molecule has 1 aliphatic rings. The predicted octanol–water partition coefficient (Wildman–Crippen LogP) is 1.30. The molecule has 1 saturated heterocycles. The highest BCUT2D eigenvalue weighted by atomic mass is 35.5. The van der Waals surface area contributed by atoms with Gasteiger partial charge in [-0.3, -0.25) is 4.79 Å². The molecule has 0 aliphatic carbocycles. The molecule has 1 aliphatic heterocycles. The topological polar surface area (TPSA) is 44.9 Å². The van der Waals surface area contributed by atoms with Crippen molar-refractivity contribution in [2.75, 3.05) is 13.1 Å². The Morgan fingerprint density at radius 3 is 2.71 bits per heavy atom. The minimum absolute atomic E-state index is 0. The summed E-state index contributed by atoms with van der Waals surface area (Å²) in [5.74, 6) is 0.412. The standard InChI is InChI=1S/C9H12N2O.2ClH/c12-9-8(2-1-4-11-9)7-3-5-10-6-7;;/h1-2,4,7,10H,3,5-6H2,(H,11,12);2*1H. The lowest BCUT2D eigenvalue weighted by Gasteiger charge is -2.05. The molecule has 2 rings (SSSR count). The Morgan fingerprint density at radius 2 is 2.14 bits per heavy atom. The van der Waals surface area contributed by atoms with Crippen molar-refractivity contribution in [1.82, 2.24) is 10.3 Å². The Kier molecular flexibility index (Phi) is 5.84. The SMILES string of the molecule is Cl.Cl.O=c1[nH]cccc1C1CCNC1. The Labute approximate surface area is 95.1 Å². The van der Waals surface area contributed by atoms with Gasteiger partial charge in [-0.25, -0.2) is 0 Å². The summed E-state index contributed by atoms with van der Waals surface area (Å²) in [5.41, 5.74) is 0.980. The lowest BCUT2D eigenvalue weighted by molar-refractivity contribution is 0.750. The third kappa shape index (κ3) is 2.74. The van der Waals surface area contributed by atoms with Crippen molar-refractivity contribution < 1.29 is 0 Å². The minimum Gasteiger partial charge on any atom is -0.329 e. The molecule has 2 heterocycles. The molecular formula is C9H14Cl2N2O. The first-order valence-electron chi connectivity index (χ1n) is 4.26. The van der Waals surface area contributed by atoms with E-state index in [1.807, 2.05) is 12.1 Å². The Hall–Kier alpha value is -0.510. The first-order valence-corrected chi connectivity index (χ1v) is 4.26. The van der Waals surface area contributed by atoms with Crippen LogP contribution >= 0.6 is 24.8 Å². The van der Waals surface area contributed by atoms with Crippen molar-refractivity contribution in [1.29, 1.82) is 0 Å². The molecular weight excluding hydrogens is 223 g/mol. The number of pyridine rings is 1. The maximum Gasteiger partial charge on any atom is 0.251 e. The molecule has 0 radical (unpaired) electrons. The van der Waals surface area contributed by atoms with E-state index in [-0.39, 0.29) is 30.4 Å². The Morgan fingerprint density at radius 1 is 1.36 bits per heavy atom. The number of H-pyrrole nitrogens is 1. The fraction of sp³-hybridized carbons (Fsp3) is 0.444. The van der Waals surface area contributed by atoms with Gasteiger partial charge in [0.1, 0.15) is 0 Å². The number of aromatic amines is 1. The second-order valence-corrected chi connectivity index (χ2v) is 3.14. The maximum absolute atomic E-state index is 11.3. The van der Waals surface area contributed by atoms with Gasteiger partial charge < -0.3 is 10.3 Å². The molecule has 2 N–H and O–H groups in total. The summed E-state index contributed by atoms with van der Waals surface area (Å²) in [4.78, 5) is 14.0. The van der Waals surface area contributed by atoms with Gasteiger partial charge in [-0.05, 0) is 19.0 Å². The van der Waals surface area contributed by atoms with Crippen LogP contribution in [0.2, 0.25) is 0 Å². The van der Waals surface area contributed by atoms with Crippen molar-refractivity contribution >= 4 is 24.8 Å². The zero-order valence-electron chi connectivity index (χ0n) is 7.66. The van der Waals surface area contributed by atoms with Gasteiger partial charge in [0, 0.05) is 24.2 Å². The predicted molar refractivity (Wildman–Crippen MR) is 61.8 cm³/mol. The van der Waals surface area contributed by atoms with E-state index >= 15 is 0 Å². The Bertz CT molecular complexity index is 321. The smallest absolute Gasteiger partial charge is 0.251 e. The van der Waals surface area contributed by atoms with Gasteiger partial charge in [-0.1, -0.05) is 6.07 Å². The van der Waals surface area contributed by atoms with Crippen LogP contribution in [-0.2, 0) is 0 Å². The monoisotopic (exact) mass is 236 g/mol. The number of hydrogen-bond acceptors (Lipinski definition) is 2. The van der Waals surface area contributed by atoms with Crippen LogP contribution in [0.1, 0.15) is 17.9 Å². The average Bonchev–Trinajstić information content (AvgIpc) is 2.57. The summed E-state index contributed by atoms with van der Waals surface area (Å²) in [6.45, 7) is 1.96. The van der Waals surface area contributed by atoms with Crippen LogP contribution in [0, 0.1) is 0 Å². The number of aromatic nitrogens is 1. The van der Waals surface area contributed by atoms with Crippen molar-refractivity contribution in [3.05, 3.63) is 34.2 Å². The normalized spacial score (nSPS) is 19.6. The molecule has 3 nitrogen and oxygen atoms in total. The molecule has 0 amide bonds. The molecule has 14 heavy (non-hydrogen) atoms. The highest BCUT2D eigenvalue weighted by Crippen LogP contribution is 2.17. The van der Waals surface area contributed by atoms with Crippen molar-refractivity contribution in [2.45, 2.75) is 12.3 Å². The van der Waals surface area contributed by atoms with Crippen LogP contribution in [0.25, 0.3) is 0 Å². The van der Waals surface area contributed by atoms with Crippen molar-refractivity contribution in [3.8, 4) is 0 Å². The van der Waals surface area contributed by atoms with Gasteiger partial charge in [-0.2, -0.15) is 0 Å². The molecule has 0 bridgehead atoms. The molecule has 80 valence electrons. The molecule has 1 atom stereocenters. The van der Waals surface area contributed by atoms with E-state index in [1.165, 1.54) is 0 Å². The van der Waals surface area contributed by atoms with E-state index in [0.717, 1.165) is 25.1 Å². The molecule has 1 aromatic heterocycles. The summed E-state index contributed by atoms with van der Waals surface area (Å²) < 4.78 is 0. The van der Waals surface area contributed by atoms with Gasteiger partial charge in [0.25, 0.3) is 5.56 Å². The van der Waals surface area contributed by atoms with E-state index in [2.05, 4.69) is 10.3 Å². The quantitative estimate of drug-likeness (QED) is 0.773. The van der Waals surface area contributed by atoms with E-state index in [9.17, 15) is 4.79 Å². The summed E-state index contributed by atoms with van der Waals surface area (Å²) in [6.07, 6.45) is 2.75. The number of rotatable bonds is 1. The summed E-state index contributed by atoms with van der Waals surface area (Å²) in [5, 5.41) is 3.25. The number of nitrogens with one attached hydrogen (secondary N) is 2. The van der Waals surface area contributed by atoms with Crippen LogP contribution < -0.4 is 10.9 Å². The number of halogens is 2. The molecule has 1 aromatic rings. The van der Waals surface area contributed by atoms with Crippen LogP contribution in [0.3, 0.4) is 0 Å². The van der Waals surface area contributed by atoms with Crippen molar-refractivity contribution in [2.24, 2.45) is 0 Å². The molecule has 1 unspecified atom stereocenters. The van der Waals surface area contributed by atoms with E-state index in [1.54, 1.807) is 6.20 Å². The van der Waals surface area contributed by atoms with Crippen LogP contribution in [0.5, 0.6) is 0 Å². The fourth-order valence-electron chi connectivity index (χ4n) is 1.68. The lowest BCUT2D eigenvalue weighted by Crippen LogP contribution is -2.17. The third-order valence-corrected chi connectivity index (χ3v) is 2.35. The fourth-order valence-corrected chi connectivity index (χ4v) is 1.68. The van der Waals surface area contributed by atoms with Crippen molar-refractivity contribution in [3.63, 3.8) is 0 Å². The zero-order chi connectivity index (χ0) is 8.39. The maximum atomic E-state index is 11.3. The second-order valence-electron chi connectivity index (χ2n) is 3.14. The minimum atomic E-state index is 0. The highest BCUT2D eigenvalue weighted by Gasteiger charge is 2.18. The van der Waals surface area contributed by atoms with E-state index in [4.69, 9.17) is 0 Å². The zero-order valence-corrected chi connectivity index (χ0v) is 9.29. The molecule has 0 saturated carbocycles. The summed E-state index contributed by atoms with van der Waals surface area (Å²) in [6, 6.07) is 3.80. The van der Waals surface area contributed by atoms with Crippen LogP contribution in [0.4, 0.5) is 0 Å². The van der Waals surface area contributed by atoms with E-state index < -0.39 is 0 Å². The molecule has 0 spiro atoms. The third-order valence-electron chi connectivity index (χ3n) is 2.35. The molecule has 1 fully saturated rings. The first-order chi connectivity index (χ1) is 5.88.